The summed E-state index contributed by atoms with van der Waals surface area (Å²) in [4.78, 5) is 36.8. The lowest BCUT2D eigenvalue weighted by atomic mass is 9.88. The Labute approximate surface area is 155 Å². The van der Waals surface area contributed by atoms with E-state index in [1.54, 1.807) is 24.3 Å². The van der Waals surface area contributed by atoms with Gasteiger partial charge in [-0.15, -0.1) is 0 Å². The van der Waals surface area contributed by atoms with E-state index in [9.17, 15) is 14.4 Å². The summed E-state index contributed by atoms with van der Waals surface area (Å²) in [7, 11) is 0. The zero-order valence-electron chi connectivity index (χ0n) is 16.0. The van der Waals surface area contributed by atoms with Gasteiger partial charge in [-0.3, -0.25) is 14.4 Å². The van der Waals surface area contributed by atoms with Crippen LogP contribution < -0.4 is 10.6 Å². The predicted molar refractivity (Wildman–Crippen MR) is 103 cm³/mol. The van der Waals surface area contributed by atoms with Crippen molar-refractivity contribution in [1.82, 2.24) is 5.32 Å². The Morgan fingerprint density at radius 3 is 2.42 bits per heavy atom. The molecule has 1 fully saturated rings. The molecule has 5 nitrogen and oxygen atoms in total. The second kappa shape index (κ2) is 9.51. The number of ketones is 1. The Morgan fingerprint density at radius 1 is 1.12 bits per heavy atom. The molecule has 0 radical (unpaired) electrons. The minimum absolute atomic E-state index is 0.0111. The van der Waals surface area contributed by atoms with E-state index in [0.717, 1.165) is 25.7 Å². The third-order valence-electron chi connectivity index (χ3n) is 4.85. The van der Waals surface area contributed by atoms with Crippen LogP contribution in [-0.4, -0.2) is 23.6 Å². The number of amides is 2. The summed E-state index contributed by atoms with van der Waals surface area (Å²) >= 11 is 0. The van der Waals surface area contributed by atoms with Gasteiger partial charge in [-0.25, -0.2) is 0 Å². The summed E-state index contributed by atoms with van der Waals surface area (Å²) in [5.41, 5.74) is 1.12. The van der Waals surface area contributed by atoms with Crippen LogP contribution in [0.1, 0.15) is 69.7 Å². The molecule has 1 aromatic carbocycles. The SMILES string of the molecule is CC(=O)c1cccc(NC(=O)[C@H](CC(C)C)NC(=O)C2CCCCC2)c1. The predicted octanol–water partition coefficient (Wildman–Crippen LogP) is 3.94. The van der Waals surface area contributed by atoms with Gasteiger partial charge in [0.05, 0.1) is 0 Å². The van der Waals surface area contributed by atoms with Crippen molar-refractivity contribution in [1.29, 1.82) is 0 Å². The Balaban J connectivity index is 2.05. The molecule has 2 N–H and O–H groups in total. The van der Waals surface area contributed by atoms with Crippen LogP contribution in [0.25, 0.3) is 0 Å². The minimum atomic E-state index is -0.564. The first-order valence-corrected chi connectivity index (χ1v) is 9.59. The monoisotopic (exact) mass is 358 g/mol. The van der Waals surface area contributed by atoms with Crippen molar-refractivity contribution in [3.8, 4) is 0 Å². The lowest BCUT2D eigenvalue weighted by molar-refractivity contribution is -0.130. The zero-order chi connectivity index (χ0) is 19.1. The number of rotatable bonds is 7. The molecule has 1 atom stereocenters. The fourth-order valence-corrected chi connectivity index (χ4v) is 3.40. The van der Waals surface area contributed by atoms with Crippen LogP contribution in [0.4, 0.5) is 5.69 Å². The Morgan fingerprint density at radius 2 is 1.81 bits per heavy atom. The number of Topliss-reactive ketones (excluding diaryl/α,β-unsaturated/α-hetero) is 1. The summed E-state index contributed by atoms with van der Waals surface area (Å²) in [5.74, 6) is 0.00481. The highest BCUT2D eigenvalue weighted by atomic mass is 16.2. The van der Waals surface area contributed by atoms with Gasteiger partial charge in [-0.2, -0.15) is 0 Å². The van der Waals surface area contributed by atoms with Gasteiger partial charge in [0.2, 0.25) is 11.8 Å². The van der Waals surface area contributed by atoms with Gasteiger partial charge in [-0.05, 0) is 44.2 Å². The molecule has 1 aliphatic rings. The van der Waals surface area contributed by atoms with E-state index in [4.69, 9.17) is 0 Å². The molecule has 0 spiro atoms. The summed E-state index contributed by atoms with van der Waals surface area (Å²) in [5, 5.41) is 5.80. The van der Waals surface area contributed by atoms with Crippen LogP contribution in [0.2, 0.25) is 0 Å². The van der Waals surface area contributed by atoms with Crippen molar-refractivity contribution in [2.24, 2.45) is 11.8 Å². The molecule has 1 aromatic rings. The number of anilines is 1. The second-order valence-electron chi connectivity index (χ2n) is 7.65. The topological polar surface area (TPSA) is 75.3 Å². The number of hydrogen-bond donors (Lipinski definition) is 2. The van der Waals surface area contributed by atoms with Gasteiger partial charge in [0.25, 0.3) is 0 Å². The summed E-state index contributed by atoms with van der Waals surface area (Å²) in [6.07, 6.45) is 5.74. The highest BCUT2D eigenvalue weighted by Crippen LogP contribution is 2.24. The van der Waals surface area contributed by atoms with Crippen molar-refractivity contribution < 1.29 is 14.4 Å². The van der Waals surface area contributed by atoms with Crippen molar-refractivity contribution in [3.05, 3.63) is 29.8 Å². The summed E-state index contributed by atoms with van der Waals surface area (Å²) in [6.45, 7) is 5.56. The summed E-state index contributed by atoms with van der Waals surface area (Å²) in [6, 6.07) is 6.30. The molecule has 142 valence electrons. The van der Waals surface area contributed by atoms with E-state index in [-0.39, 0.29) is 29.4 Å². The van der Waals surface area contributed by atoms with E-state index in [1.165, 1.54) is 13.3 Å². The molecular formula is C21H30N2O3. The minimum Gasteiger partial charge on any atom is -0.344 e. The molecule has 26 heavy (non-hydrogen) atoms. The summed E-state index contributed by atoms with van der Waals surface area (Å²) < 4.78 is 0. The Bertz CT molecular complexity index is 648. The molecule has 0 bridgehead atoms. The van der Waals surface area contributed by atoms with E-state index in [1.807, 2.05) is 13.8 Å². The van der Waals surface area contributed by atoms with E-state index < -0.39 is 6.04 Å². The van der Waals surface area contributed by atoms with Gasteiger partial charge < -0.3 is 10.6 Å². The molecule has 0 unspecified atom stereocenters. The molecule has 0 saturated heterocycles. The number of hydrogen-bond acceptors (Lipinski definition) is 3. The zero-order valence-corrected chi connectivity index (χ0v) is 16.0. The van der Waals surface area contributed by atoms with Crippen molar-refractivity contribution >= 4 is 23.3 Å². The van der Waals surface area contributed by atoms with Crippen molar-refractivity contribution in [3.63, 3.8) is 0 Å². The average Bonchev–Trinajstić information content (AvgIpc) is 2.61. The number of carbonyl (C=O) groups excluding carboxylic acids is 3. The van der Waals surface area contributed by atoms with Crippen LogP contribution in [0.3, 0.4) is 0 Å². The van der Waals surface area contributed by atoms with Crippen LogP contribution in [0.5, 0.6) is 0 Å². The van der Waals surface area contributed by atoms with Crippen LogP contribution in [-0.2, 0) is 9.59 Å². The normalized spacial score (nSPS) is 16.2. The Hall–Kier alpha value is -2.17. The van der Waals surface area contributed by atoms with Crippen molar-refractivity contribution in [2.45, 2.75) is 65.3 Å². The molecule has 0 heterocycles. The standard InChI is InChI=1S/C21H30N2O3/c1-14(2)12-19(23-20(25)16-8-5-4-6-9-16)21(26)22-18-11-7-10-17(13-18)15(3)24/h7,10-11,13-14,16,19H,4-6,8-9,12H2,1-3H3,(H,22,26)(H,23,25)/t19-/m0/s1. The highest BCUT2D eigenvalue weighted by molar-refractivity contribution is 5.99. The van der Waals surface area contributed by atoms with Gasteiger partial charge in [-0.1, -0.05) is 45.2 Å². The first kappa shape index (κ1) is 20.1. The van der Waals surface area contributed by atoms with Crippen LogP contribution >= 0.6 is 0 Å². The quantitative estimate of drug-likeness (QED) is 0.725. The van der Waals surface area contributed by atoms with Gasteiger partial charge in [0.15, 0.2) is 5.78 Å². The maximum absolute atomic E-state index is 12.7. The number of nitrogens with one attached hydrogen (secondary N) is 2. The molecule has 5 heteroatoms. The highest BCUT2D eigenvalue weighted by Gasteiger charge is 2.27. The fraction of sp³-hybridized carbons (Fsp3) is 0.571. The largest absolute Gasteiger partial charge is 0.344 e. The third-order valence-corrected chi connectivity index (χ3v) is 4.85. The van der Waals surface area contributed by atoms with Gasteiger partial charge in [0.1, 0.15) is 6.04 Å². The second-order valence-corrected chi connectivity index (χ2v) is 7.65. The van der Waals surface area contributed by atoms with E-state index in [2.05, 4.69) is 10.6 Å². The van der Waals surface area contributed by atoms with Gasteiger partial charge in [0, 0.05) is 17.2 Å². The number of benzene rings is 1. The van der Waals surface area contributed by atoms with E-state index >= 15 is 0 Å². The van der Waals surface area contributed by atoms with Gasteiger partial charge >= 0.3 is 0 Å². The lowest BCUT2D eigenvalue weighted by Gasteiger charge is -2.25. The number of carbonyl (C=O) groups is 3. The lowest BCUT2D eigenvalue weighted by Crippen LogP contribution is -2.47. The molecule has 2 amide bonds. The maximum atomic E-state index is 12.7. The van der Waals surface area contributed by atoms with E-state index in [0.29, 0.717) is 17.7 Å². The first-order chi connectivity index (χ1) is 12.4. The fourth-order valence-electron chi connectivity index (χ4n) is 3.40. The van der Waals surface area contributed by atoms with Crippen molar-refractivity contribution in [2.75, 3.05) is 5.32 Å². The Kier molecular flexibility index (Phi) is 7.37. The molecule has 2 rings (SSSR count). The average molecular weight is 358 g/mol. The third kappa shape index (κ3) is 5.97. The molecule has 0 aromatic heterocycles. The smallest absolute Gasteiger partial charge is 0.246 e. The first-order valence-electron chi connectivity index (χ1n) is 9.59. The maximum Gasteiger partial charge on any atom is 0.246 e. The molecule has 1 saturated carbocycles. The molecule has 0 aliphatic heterocycles. The van der Waals surface area contributed by atoms with Crippen LogP contribution in [0, 0.1) is 11.8 Å². The van der Waals surface area contributed by atoms with Crippen LogP contribution in [0.15, 0.2) is 24.3 Å². The molecular weight excluding hydrogens is 328 g/mol. The molecule has 1 aliphatic carbocycles.